The van der Waals surface area contributed by atoms with E-state index in [4.69, 9.17) is 0 Å². The van der Waals surface area contributed by atoms with Crippen LogP contribution >= 0.6 is 0 Å². The number of hydrogen-bond acceptors (Lipinski definition) is 4. The van der Waals surface area contributed by atoms with Gasteiger partial charge >= 0.3 is 0 Å². The van der Waals surface area contributed by atoms with Crippen LogP contribution in [0.4, 0.5) is 56.9 Å². The average Bonchev–Trinajstić information content (AvgIpc) is 4.11. The molecule has 12 aromatic carbocycles. The molecule has 0 atom stereocenters. The summed E-state index contributed by atoms with van der Waals surface area (Å²) in [5.74, 6) is 0. The normalized spacial score (nSPS) is 11.7. The van der Waals surface area contributed by atoms with Crippen molar-refractivity contribution in [1.82, 2.24) is 0 Å². The van der Waals surface area contributed by atoms with E-state index in [1.165, 1.54) is 44.5 Å². The second-order valence-electron chi connectivity index (χ2n) is 19.0. The fourth-order valence-electron chi connectivity index (χ4n) is 11.0. The standard InChI is InChI=1S/C55H39N3.C12H11N.C6H6/c1-5-17-39(18-6-1)56-40-29-35-49-50-36-34-46(38-54(50)55(53(49)37-40)51-27-15-13-25-47(51)48-26-14-16-28-52(48)55)58(43-23-11-4-12-24-43)45-32-30-44(31-33-45)57(41-19-7-2-8-20-41)42-21-9-3-10-22-42;1-3-7-11(8-4-1)13-12-9-5-2-6-10-12;1-2-4-6-5-3-1/h1-38,56H;1-10,13H;1-6H. The van der Waals surface area contributed by atoms with Crippen molar-refractivity contribution in [2.24, 2.45) is 0 Å². The van der Waals surface area contributed by atoms with Crippen LogP contribution in [0.2, 0.25) is 0 Å². The van der Waals surface area contributed by atoms with Gasteiger partial charge in [-0.3, -0.25) is 0 Å². The van der Waals surface area contributed by atoms with Crippen LogP contribution in [0.3, 0.4) is 0 Å². The molecule has 4 nitrogen and oxygen atoms in total. The molecule has 12 aromatic rings. The molecule has 0 saturated carbocycles. The molecule has 0 aromatic heterocycles. The summed E-state index contributed by atoms with van der Waals surface area (Å²) < 4.78 is 0. The van der Waals surface area contributed by atoms with Crippen LogP contribution in [0.5, 0.6) is 0 Å². The van der Waals surface area contributed by atoms with Crippen LogP contribution in [-0.4, -0.2) is 0 Å². The van der Waals surface area contributed by atoms with Crippen molar-refractivity contribution in [1.29, 1.82) is 0 Å². The molecule has 0 aliphatic heterocycles. The van der Waals surface area contributed by atoms with Crippen molar-refractivity contribution in [3.8, 4) is 22.3 Å². The maximum Gasteiger partial charge on any atom is 0.0727 e. The Bertz CT molecular complexity index is 3690. The van der Waals surface area contributed by atoms with E-state index in [0.29, 0.717) is 0 Å². The molecule has 1 spiro atoms. The van der Waals surface area contributed by atoms with Gasteiger partial charge in [0.25, 0.3) is 0 Å². The number of anilines is 10. The van der Waals surface area contributed by atoms with Crippen LogP contribution in [0.15, 0.2) is 328 Å². The minimum Gasteiger partial charge on any atom is -0.356 e. The SMILES string of the molecule is c1ccc(Nc2ccc3c(c2)C2(c4ccccc4-c4ccccc42)c2cc(N(c4ccccc4)c4ccc(N(c5ccccc5)c5ccccc5)cc4)ccc2-3)cc1.c1ccc(Nc2ccccc2)cc1.c1ccccc1. The molecule has 368 valence electrons. The van der Waals surface area contributed by atoms with Gasteiger partial charge in [-0.1, -0.05) is 206 Å². The molecule has 2 aliphatic rings. The Morgan fingerprint density at radius 1 is 0.195 bits per heavy atom. The molecule has 0 heterocycles. The van der Waals surface area contributed by atoms with E-state index in [0.717, 1.165) is 56.9 Å². The summed E-state index contributed by atoms with van der Waals surface area (Å²) in [4.78, 5) is 4.70. The van der Waals surface area contributed by atoms with Crippen LogP contribution < -0.4 is 20.4 Å². The first-order valence-corrected chi connectivity index (χ1v) is 26.3. The molecular formula is C73H56N4. The number of benzene rings is 12. The highest BCUT2D eigenvalue weighted by Gasteiger charge is 2.52. The van der Waals surface area contributed by atoms with E-state index in [9.17, 15) is 0 Å². The molecule has 0 fully saturated rings. The van der Waals surface area contributed by atoms with Gasteiger partial charge in [0, 0.05) is 56.9 Å². The molecular weight excluding hydrogens is 933 g/mol. The molecule has 0 bridgehead atoms. The predicted octanol–water partition coefficient (Wildman–Crippen LogP) is 19.8. The van der Waals surface area contributed by atoms with Crippen molar-refractivity contribution in [2.45, 2.75) is 5.41 Å². The Morgan fingerprint density at radius 2 is 0.468 bits per heavy atom. The van der Waals surface area contributed by atoms with Crippen LogP contribution in [0.25, 0.3) is 22.3 Å². The minimum absolute atomic E-state index is 0.500. The maximum atomic E-state index is 3.71. The first kappa shape index (κ1) is 47.8. The number of fused-ring (bicyclic) bond motifs is 10. The largest absolute Gasteiger partial charge is 0.356 e. The van der Waals surface area contributed by atoms with Gasteiger partial charge in [0.1, 0.15) is 0 Å². The smallest absolute Gasteiger partial charge is 0.0727 e. The molecule has 0 amide bonds. The van der Waals surface area contributed by atoms with Crippen molar-refractivity contribution in [2.75, 3.05) is 20.4 Å². The monoisotopic (exact) mass is 988 g/mol. The number of nitrogens with zero attached hydrogens (tertiary/aromatic N) is 2. The van der Waals surface area contributed by atoms with Crippen LogP contribution in [0.1, 0.15) is 22.3 Å². The van der Waals surface area contributed by atoms with E-state index < -0.39 is 5.41 Å². The summed E-state index contributed by atoms with van der Waals surface area (Å²) in [5.41, 5.74) is 20.9. The molecule has 0 unspecified atom stereocenters. The van der Waals surface area contributed by atoms with Crippen molar-refractivity contribution < 1.29 is 0 Å². The Hall–Kier alpha value is -10.2. The molecule has 0 saturated heterocycles. The highest BCUT2D eigenvalue weighted by Crippen LogP contribution is 2.63. The zero-order valence-electron chi connectivity index (χ0n) is 42.6. The molecule has 0 radical (unpaired) electrons. The van der Waals surface area contributed by atoms with E-state index in [-0.39, 0.29) is 0 Å². The fourth-order valence-corrected chi connectivity index (χ4v) is 11.0. The summed E-state index contributed by atoms with van der Waals surface area (Å²) in [6, 6.07) is 116. The third-order valence-electron chi connectivity index (χ3n) is 14.3. The Morgan fingerprint density at radius 3 is 0.883 bits per heavy atom. The quantitative estimate of drug-likeness (QED) is 0.143. The predicted molar refractivity (Wildman–Crippen MR) is 324 cm³/mol. The third-order valence-corrected chi connectivity index (χ3v) is 14.3. The number of rotatable bonds is 10. The minimum atomic E-state index is -0.500. The highest BCUT2D eigenvalue weighted by atomic mass is 15.2. The van der Waals surface area contributed by atoms with Gasteiger partial charge in [0.2, 0.25) is 0 Å². The lowest BCUT2D eigenvalue weighted by molar-refractivity contribution is 0.794. The zero-order valence-corrected chi connectivity index (χ0v) is 42.6. The number of hydrogen-bond donors (Lipinski definition) is 2. The van der Waals surface area contributed by atoms with Gasteiger partial charge in [-0.15, -0.1) is 0 Å². The first-order valence-electron chi connectivity index (χ1n) is 26.3. The summed E-state index contributed by atoms with van der Waals surface area (Å²) in [6.45, 7) is 0. The van der Waals surface area contributed by atoms with Gasteiger partial charge in [-0.2, -0.15) is 0 Å². The molecule has 14 rings (SSSR count). The maximum absolute atomic E-state index is 3.71. The number of para-hydroxylation sites is 6. The van der Waals surface area contributed by atoms with E-state index in [2.05, 4.69) is 251 Å². The van der Waals surface area contributed by atoms with E-state index >= 15 is 0 Å². The molecule has 4 heteroatoms. The fraction of sp³-hybridized carbons (Fsp3) is 0.0137. The van der Waals surface area contributed by atoms with Gasteiger partial charge in [0.05, 0.1) is 5.41 Å². The van der Waals surface area contributed by atoms with Gasteiger partial charge in [0.15, 0.2) is 0 Å². The lowest BCUT2D eigenvalue weighted by Crippen LogP contribution is -2.26. The lowest BCUT2D eigenvalue weighted by Gasteiger charge is -2.32. The second-order valence-corrected chi connectivity index (χ2v) is 19.0. The van der Waals surface area contributed by atoms with Crippen molar-refractivity contribution in [3.05, 3.63) is 350 Å². The molecule has 2 aliphatic carbocycles. The zero-order chi connectivity index (χ0) is 51.6. The van der Waals surface area contributed by atoms with Crippen molar-refractivity contribution in [3.63, 3.8) is 0 Å². The molecule has 77 heavy (non-hydrogen) atoms. The topological polar surface area (TPSA) is 30.5 Å². The average molecular weight is 989 g/mol. The summed E-state index contributed by atoms with van der Waals surface area (Å²) in [5, 5.41) is 7.01. The van der Waals surface area contributed by atoms with Gasteiger partial charge in [-0.05, 0) is 166 Å². The lowest BCUT2D eigenvalue weighted by atomic mass is 9.70. The van der Waals surface area contributed by atoms with Crippen LogP contribution in [0, 0.1) is 0 Å². The van der Waals surface area contributed by atoms with Crippen molar-refractivity contribution >= 4 is 56.9 Å². The number of nitrogens with one attached hydrogen (secondary N) is 2. The van der Waals surface area contributed by atoms with Gasteiger partial charge < -0.3 is 20.4 Å². The Labute approximate surface area is 452 Å². The Balaban J connectivity index is 0.000000263. The van der Waals surface area contributed by atoms with Crippen LogP contribution in [-0.2, 0) is 5.41 Å². The Kier molecular flexibility index (Phi) is 13.7. The third kappa shape index (κ3) is 9.76. The van der Waals surface area contributed by atoms with E-state index in [1.54, 1.807) is 0 Å². The summed E-state index contributed by atoms with van der Waals surface area (Å²) in [7, 11) is 0. The highest BCUT2D eigenvalue weighted by molar-refractivity contribution is 5.97. The second kappa shape index (κ2) is 22.1. The first-order chi connectivity index (χ1) is 38.2. The molecule has 2 N–H and O–H groups in total. The van der Waals surface area contributed by atoms with Gasteiger partial charge in [-0.25, -0.2) is 0 Å². The summed E-state index contributed by atoms with van der Waals surface area (Å²) >= 11 is 0. The summed E-state index contributed by atoms with van der Waals surface area (Å²) in [6.07, 6.45) is 0. The van der Waals surface area contributed by atoms with E-state index in [1.807, 2.05) is 97.1 Å².